The van der Waals surface area contributed by atoms with Gasteiger partial charge in [0.15, 0.2) is 6.10 Å². The van der Waals surface area contributed by atoms with Crippen molar-refractivity contribution in [1.29, 1.82) is 0 Å². The molecule has 26 heavy (non-hydrogen) atoms. The normalized spacial score (nSPS) is 14.6. The van der Waals surface area contributed by atoms with Crippen LogP contribution in [-0.2, 0) is 14.3 Å². The molecule has 1 aromatic carbocycles. The standard InChI is InChI=1S/C18H24N2O4S2/c1-3-23-15-8-6-14(7-9-15)19-17(22)13(2)24-16(21)12-26-18(25)20-10-4-5-11-20/h6-9,13H,3-5,10-12H2,1-2H3,(H,19,22)/t13-/m1/s1. The number of nitrogens with one attached hydrogen (secondary N) is 1. The van der Waals surface area contributed by atoms with Crippen molar-refractivity contribution in [2.45, 2.75) is 32.8 Å². The quantitative estimate of drug-likeness (QED) is 0.561. The Morgan fingerprint density at radius 2 is 1.92 bits per heavy atom. The zero-order valence-corrected chi connectivity index (χ0v) is 16.7. The molecule has 1 aliphatic rings. The number of rotatable bonds is 7. The lowest BCUT2D eigenvalue weighted by atomic mass is 10.3. The van der Waals surface area contributed by atoms with Crippen LogP contribution in [0.2, 0.25) is 0 Å². The van der Waals surface area contributed by atoms with E-state index in [4.69, 9.17) is 21.7 Å². The minimum atomic E-state index is -0.880. The first-order valence-corrected chi connectivity index (χ1v) is 10.0. The average molecular weight is 397 g/mol. The maximum absolute atomic E-state index is 12.1. The number of carbonyl (C=O) groups excluding carboxylic acids is 2. The third kappa shape index (κ3) is 6.49. The number of benzene rings is 1. The van der Waals surface area contributed by atoms with E-state index in [1.807, 2.05) is 6.92 Å². The van der Waals surface area contributed by atoms with Crippen LogP contribution in [0, 0.1) is 0 Å². The molecule has 1 saturated heterocycles. The fourth-order valence-corrected chi connectivity index (χ4v) is 3.48. The van der Waals surface area contributed by atoms with Gasteiger partial charge in [-0.05, 0) is 51.0 Å². The van der Waals surface area contributed by atoms with Gasteiger partial charge in [0.2, 0.25) is 0 Å². The lowest BCUT2D eigenvalue weighted by Gasteiger charge is -2.18. The van der Waals surface area contributed by atoms with Crippen LogP contribution in [0.4, 0.5) is 5.69 Å². The van der Waals surface area contributed by atoms with Crippen LogP contribution in [0.1, 0.15) is 26.7 Å². The van der Waals surface area contributed by atoms with Crippen molar-refractivity contribution in [2.75, 3.05) is 30.8 Å². The van der Waals surface area contributed by atoms with Gasteiger partial charge in [-0.2, -0.15) is 0 Å². The fourth-order valence-electron chi connectivity index (χ4n) is 2.44. The van der Waals surface area contributed by atoms with Crippen LogP contribution in [0.25, 0.3) is 0 Å². The van der Waals surface area contributed by atoms with Crippen LogP contribution in [0.3, 0.4) is 0 Å². The molecule has 0 radical (unpaired) electrons. The minimum Gasteiger partial charge on any atom is -0.494 e. The smallest absolute Gasteiger partial charge is 0.317 e. The van der Waals surface area contributed by atoms with Gasteiger partial charge >= 0.3 is 5.97 Å². The van der Waals surface area contributed by atoms with Gasteiger partial charge in [-0.25, -0.2) is 0 Å². The second-order valence-electron chi connectivity index (χ2n) is 5.83. The largest absolute Gasteiger partial charge is 0.494 e. The zero-order valence-electron chi connectivity index (χ0n) is 15.0. The highest BCUT2D eigenvalue weighted by Gasteiger charge is 2.20. The van der Waals surface area contributed by atoms with E-state index < -0.39 is 12.1 Å². The molecule has 0 aliphatic carbocycles. The Kier molecular flexibility index (Phi) is 8.18. The molecule has 8 heteroatoms. The summed E-state index contributed by atoms with van der Waals surface area (Å²) in [6.07, 6.45) is 1.39. The van der Waals surface area contributed by atoms with Gasteiger partial charge in [0.1, 0.15) is 10.1 Å². The number of esters is 1. The van der Waals surface area contributed by atoms with E-state index in [9.17, 15) is 9.59 Å². The number of thioether (sulfide) groups is 1. The third-order valence-electron chi connectivity index (χ3n) is 3.79. The Morgan fingerprint density at radius 3 is 2.54 bits per heavy atom. The average Bonchev–Trinajstić information content (AvgIpc) is 3.16. The molecule has 0 aromatic heterocycles. The maximum Gasteiger partial charge on any atom is 0.317 e. The first-order chi connectivity index (χ1) is 12.5. The highest BCUT2D eigenvalue weighted by atomic mass is 32.2. The molecule has 1 heterocycles. The number of nitrogens with zero attached hydrogens (tertiary/aromatic N) is 1. The predicted molar refractivity (Wildman–Crippen MR) is 108 cm³/mol. The van der Waals surface area contributed by atoms with Crippen LogP contribution >= 0.6 is 24.0 Å². The molecule has 0 unspecified atom stereocenters. The number of amides is 1. The number of hydrogen-bond acceptors (Lipinski definition) is 6. The van der Waals surface area contributed by atoms with Crippen molar-refractivity contribution < 1.29 is 19.1 Å². The molecule has 1 N–H and O–H groups in total. The monoisotopic (exact) mass is 396 g/mol. The summed E-state index contributed by atoms with van der Waals surface area (Å²) in [5.74, 6) is 0.00668. The van der Waals surface area contributed by atoms with E-state index >= 15 is 0 Å². The Bertz CT molecular complexity index is 631. The van der Waals surface area contributed by atoms with Gasteiger partial charge in [0.05, 0.1) is 12.4 Å². The number of carbonyl (C=O) groups is 2. The number of likely N-dealkylation sites (tertiary alicyclic amines) is 1. The molecular weight excluding hydrogens is 372 g/mol. The molecule has 0 saturated carbocycles. The maximum atomic E-state index is 12.1. The minimum absolute atomic E-state index is 0.107. The molecule has 1 fully saturated rings. The van der Waals surface area contributed by atoms with Gasteiger partial charge in [-0.1, -0.05) is 24.0 Å². The van der Waals surface area contributed by atoms with Crippen molar-refractivity contribution in [2.24, 2.45) is 0 Å². The second-order valence-corrected chi connectivity index (χ2v) is 7.44. The Morgan fingerprint density at radius 1 is 1.27 bits per heavy atom. The van der Waals surface area contributed by atoms with E-state index in [1.54, 1.807) is 31.2 Å². The molecular formula is C18H24N2O4S2. The van der Waals surface area contributed by atoms with Gasteiger partial charge in [0.25, 0.3) is 5.91 Å². The summed E-state index contributed by atoms with van der Waals surface area (Å²) in [5.41, 5.74) is 0.617. The van der Waals surface area contributed by atoms with E-state index in [0.717, 1.165) is 31.7 Å². The lowest BCUT2D eigenvalue weighted by Crippen LogP contribution is -2.31. The molecule has 0 spiro atoms. The molecule has 1 aliphatic heterocycles. The second kappa shape index (κ2) is 10.4. The molecule has 2 rings (SSSR count). The summed E-state index contributed by atoms with van der Waals surface area (Å²) < 4.78 is 11.2. The summed E-state index contributed by atoms with van der Waals surface area (Å²) in [4.78, 5) is 26.2. The van der Waals surface area contributed by atoms with Gasteiger partial charge < -0.3 is 19.7 Å². The number of thiocarbonyl (C=S) groups is 1. The first kappa shape index (κ1) is 20.5. The summed E-state index contributed by atoms with van der Waals surface area (Å²) >= 11 is 6.59. The van der Waals surface area contributed by atoms with Crippen LogP contribution in [0.5, 0.6) is 5.75 Å². The van der Waals surface area contributed by atoms with Crippen LogP contribution in [-0.4, -0.2) is 52.7 Å². The van der Waals surface area contributed by atoms with Crippen molar-refractivity contribution in [3.63, 3.8) is 0 Å². The summed E-state index contributed by atoms with van der Waals surface area (Å²) in [6.45, 7) is 5.93. The SMILES string of the molecule is CCOc1ccc(NC(=O)[C@@H](C)OC(=O)CSC(=S)N2CCCC2)cc1. The van der Waals surface area contributed by atoms with Gasteiger partial charge in [-0.3, -0.25) is 9.59 Å². The molecule has 6 nitrogen and oxygen atoms in total. The topological polar surface area (TPSA) is 67.9 Å². The number of anilines is 1. The Balaban J connectivity index is 1.73. The fraction of sp³-hybridized carbons (Fsp3) is 0.500. The molecule has 142 valence electrons. The van der Waals surface area contributed by atoms with Gasteiger partial charge in [-0.15, -0.1) is 0 Å². The van der Waals surface area contributed by atoms with E-state index in [1.165, 1.54) is 11.8 Å². The van der Waals surface area contributed by atoms with E-state index in [-0.39, 0.29) is 11.7 Å². The Hall–Kier alpha value is -1.80. The molecule has 1 amide bonds. The zero-order chi connectivity index (χ0) is 18.9. The number of hydrogen-bond donors (Lipinski definition) is 1. The van der Waals surface area contributed by atoms with Crippen molar-refractivity contribution in [3.05, 3.63) is 24.3 Å². The van der Waals surface area contributed by atoms with Crippen molar-refractivity contribution in [1.82, 2.24) is 4.90 Å². The lowest BCUT2D eigenvalue weighted by molar-refractivity contribution is -0.150. The molecule has 1 aromatic rings. The summed E-state index contributed by atoms with van der Waals surface area (Å²) in [7, 11) is 0. The predicted octanol–water partition coefficient (Wildman–Crippen LogP) is 3.07. The summed E-state index contributed by atoms with van der Waals surface area (Å²) in [6, 6.07) is 7.01. The van der Waals surface area contributed by atoms with E-state index in [0.29, 0.717) is 16.6 Å². The van der Waals surface area contributed by atoms with E-state index in [2.05, 4.69) is 10.2 Å². The highest BCUT2D eigenvalue weighted by molar-refractivity contribution is 8.23. The summed E-state index contributed by atoms with van der Waals surface area (Å²) in [5, 5.41) is 2.71. The van der Waals surface area contributed by atoms with Crippen molar-refractivity contribution >= 4 is 45.9 Å². The van der Waals surface area contributed by atoms with Crippen LogP contribution < -0.4 is 10.1 Å². The Labute approximate surface area is 163 Å². The first-order valence-electron chi connectivity index (χ1n) is 8.64. The van der Waals surface area contributed by atoms with Gasteiger partial charge in [0, 0.05) is 18.8 Å². The van der Waals surface area contributed by atoms with Crippen LogP contribution in [0.15, 0.2) is 24.3 Å². The third-order valence-corrected chi connectivity index (χ3v) is 5.29. The molecule has 0 bridgehead atoms. The highest BCUT2D eigenvalue weighted by Crippen LogP contribution is 2.17. The molecule has 1 atom stereocenters. The number of ether oxygens (including phenoxy) is 2. The van der Waals surface area contributed by atoms with Crippen molar-refractivity contribution in [3.8, 4) is 5.75 Å².